The van der Waals surface area contributed by atoms with Crippen LogP contribution in [0.25, 0.3) is 0 Å². The Balaban J connectivity index is 1.71. The van der Waals surface area contributed by atoms with Gasteiger partial charge in [-0.15, -0.1) is 0 Å². The molecule has 0 saturated carbocycles. The van der Waals surface area contributed by atoms with Crippen molar-refractivity contribution in [1.82, 2.24) is 4.31 Å². The third-order valence-electron chi connectivity index (χ3n) is 4.41. The molecule has 1 saturated heterocycles. The normalized spacial score (nSPS) is 18.0. The van der Waals surface area contributed by atoms with Crippen LogP contribution < -0.4 is 5.32 Å². The molecule has 1 fully saturated rings. The van der Waals surface area contributed by atoms with Gasteiger partial charge >= 0.3 is 5.97 Å². The van der Waals surface area contributed by atoms with Gasteiger partial charge in [-0.3, -0.25) is 9.59 Å². The lowest BCUT2D eigenvalue weighted by atomic mass is 10.0. The van der Waals surface area contributed by atoms with Crippen LogP contribution in [-0.4, -0.2) is 44.8 Å². The molecule has 0 spiro atoms. The number of amides is 1. The third-order valence-corrected chi connectivity index (χ3v) is 6.29. The lowest BCUT2D eigenvalue weighted by Crippen LogP contribution is -2.42. The Hall–Kier alpha value is -2.65. The van der Waals surface area contributed by atoms with Crippen LogP contribution in [0.1, 0.15) is 23.4 Å². The number of ether oxygens (including phenoxy) is 1. The van der Waals surface area contributed by atoms with E-state index in [2.05, 4.69) is 5.32 Å². The van der Waals surface area contributed by atoms with Crippen molar-refractivity contribution in [2.45, 2.75) is 17.7 Å². The zero-order valence-electron chi connectivity index (χ0n) is 14.8. The van der Waals surface area contributed by atoms with Crippen LogP contribution >= 0.6 is 0 Å². The maximum absolute atomic E-state index is 12.8. The number of hydrogen-bond donors (Lipinski definition) is 1. The van der Waals surface area contributed by atoms with Crippen molar-refractivity contribution in [1.29, 1.82) is 0 Å². The molecule has 3 rings (SSSR count). The van der Waals surface area contributed by atoms with Gasteiger partial charge in [0.25, 0.3) is 5.91 Å². The van der Waals surface area contributed by atoms with E-state index in [9.17, 15) is 18.0 Å². The first-order chi connectivity index (χ1) is 12.9. The summed E-state index contributed by atoms with van der Waals surface area (Å²) >= 11 is 0. The Morgan fingerprint density at radius 1 is 1.22 bits per heavy atom. The summed E-state index contributed by atoms with van der Waals surface area (Å²) in [6, 6.07) is 9.00. The second-order valence-electron chi connectivity index (χ2n) is 6.18. The number of piperidine rings is 1. The lowest BCUT2D eigenvalue weighted by Gasteiger charge is -2.30. The van der Waals surface area contributed by atoms with E-state index in [4.69, 9.17) is 9.15 Å². The number of esters is 1. The Labute approximate surface area is 157 Å². The smallest absolute Gasteiger partial charge is 0.309 e. The summed E-state index contributed by atoms with van der Waals surface area (Å²) in [5.41, 5.74) is 0.446. The van der Waals surface area contributed by atoms with Crippen LogP contribution in [-0.2, 0) is 19.6 Å². The first-order valence-corrected chi connectivity index (χ1v) is 9.88. The minimum absolute atomic E-state index is 0.101. The minimum atomic E-state index is -3.73. The van der Waals surface area contributed by atoms with E-state index in [1.54, 1.807) is 6.07 Å². The van der Waals surface area contributed by atoms with E-state index < -0.39 is 27.8 Å². The quantitative estimate of drug-likeness (QED) is 0.781. The number of furan rings is 1. The fraction of sp³-hybridized carbons (Fsp3) is 0.333. The van der Waals surface area contributed by atoms with Gasteiger partial charge in [0, 0.05) is 18.8 Å². The average molecular weight is 392 g/mol. The van der Waals surface area contributed by atoms with Crippen LogP contribution in [0.4, 0.5) is 5.69 Å². The predicted octanol–water partition coefficient (Wildman–Crippen LogP) is 2.11. The Kier molecular flexibility index (Phi) is 5.62. The van der Waals surface area contributed by atoms with E-state index in [-0.39, 0.29) is 17.2 Å². The summed E-state index contributed by atoms with van der Waals surface area (Å²) in [6.07, 6.45) is 2.59. The fourth-order valence-electron chi connectivity index (χ4n) is 2.98. The number of methoxy groups -OCH3 is 1. The van der Waals surface area contributed by atoms with Gasteiger partial charge in [-0.25, -0.2) is 8.42 Å². The molecule has 1 aromatic carbocycles. The second-order valence-corrected chi connectivity index (χ2v) is 8.12. The Morgan fingerprint density at radius 3 is 2.59 bits per heavy atom. The monoisotopic (exact) mass is 392 g/mol. The molecular weight excluding hydrogens is 372 g/mol. The average Bonchev–Trinajstić information content (AvgIpc) is 3.23. The predicted molar refractivity (Wildman–Crippen MR) is 96.6 cm³/mol. The zero-order chi connectivity index (χ0) is 19.4. The molecule has 0 radical (unpaired) electrons. The molecule has 1 aliphatic rings. The highest BCUT2D eigenvalue weighted by Crippen LogP contribution is 2.25. The molecule has 1 N–H and O–H groups in total. The Bertz CT molecular complexity index is 906. The van der Waals surface area contributed by atoms with Gasteiger partial charge < -0.3 is 14.5 Å². The number of carbonyl (C=O) groups is 2. The largest absolute Gasteiger partial charge is 0.469 e. The van der Waals surface area contributed by atoms with Gasteiger partial charge in [0.05, 0.1) is 24.2 Å². The summed E-state index contributed by atoms with van der Waals surface area (Å²) < 4.78 is 36.7. The topological polar surface area (TPSA) is 106 Å². The lowest BCUT2D eigenvalue weighted by molar-refractivity contribution is -0.146. The molecule has 1 aliphatic heterocycles. The molecule has 1 atom stereocenters. The van der Waals surface area contributed by atoms with Gasteiger partial charge in [-0.05, 0) is 49.2 Å². The number of carbonyl (C=O) groups excluding carboxylic acids is 2. The maximum Gasteiger partial charge on any atom is 0.309 e. The van der Waals surface area contributed by atoms with Crippen LogP contribution in [0.5, 0.6) is 0 Å². The zero-order valence-corrected chi connectivity index (χ0v) is 15.6. The van der Waals surface area contributed by atoms with Gasteiger partial charge in [0.1, 0.15) is 0 Å². The van der Waals surface area contributed by atoms with E-state index in [1.807, 2.05) is 0 Å². The molecule has 0 unspecified atom stereocenters. The highest BCUT2D eigenvalue weighted by Gasteiger charge is 2.33. The highest BCUT2D eigenvalue weighted by molar-refractivity contribution is 7.89. The van der Waals surface area contributed by atoms with E-state index in [0.717, 1.165) is 0 Å². The van der Waals surface area contributed by atoms with Crippen molar-refractivity contribution in [3.05, 3.63) is 48.4 Å². The molecule has 2 aromatic rings. The molecule has 9 heteroatoms. The molecule has 0 aliphatic carbocycles. The third kappa shape index (κ3) is 4.20. The molecular formula is C18H20N2O6S. The number of rotatable bonds is 5. The van der Waals surface area contributed by atoms with Crippen molar-refractivity contribution in [3.8, 4) is 0 Å². The van der Waals surface area contributed by atoms with Gasteiger partial charge in [-0.1, -0.05) is 0 Å². The number of sulfonamides is 1. The molecule has 8 nitrogen and oxygen atoms in total. The molecule has 1 aromatic heterocycles. The first kappa shape index (κ1) is 19.1. The molecule has 27 heavy (non-hydrogen) atoms. The van der Waals surface area contributed by atoms with Crippen LogP contribution in [0.3, 0.4) is 0 Å². The number of hydrogen-bond acceptors (Lipinski definition) is 6. The minimum Gasteiger partial charge on any atom is -0.469 e. The molecule has 1 amide bonds. The molecule has 0 bridgehead atoms. The number of nitrogens with one attached hydrogen (secondary N) is 1. The fourth-order valence-corrected chi connectivity index (χ4v) is 4.50. The van der Waals surface area contributed by atoms with Crippen molar-refractivity contribution < 1.29 is 27.2 Å². The van der Waals surface area contributed by atoms with Crippen molar-refractivity contribution in [3.63, 3.8) is 0 Å². The molecule has 144 valence electrons. The highest BCUT2D eigenvalue weighted by atomic mass is 32.2. The maximum atomic E-state index is 12.8. The van der Waals surface area contributed by atoms with Gasteiger partial charge in [-0.2, -0.15) is 4.31 Å². The van der Waals surface area contributed by atoms with Crippen molar-refractivity contribution in [2.24, 2.45) is 5.92 Å². The number of nitrogens with zero attached hydrogens (tertiary/aromatic N) is 1. The Morgan fingerprint density at radius 2 is 1.96 bits per heavy atom. The summed E-state index contributed by atoms with van der Waals surface area (Å²) in [4.78, 5) is 23.8. The SMILES string of the molecule is COC(=O)[C@H]1CCCN(S(=O)(=O)c2ccc(NC(=O)c3ccco3)cc2)C1. The van der Waals surface area contributed by atoms with Crippen molar-refractivity contribution in [2.75, 3.05) is 25.5 Å². The first-order valence-electron chi connectivity index (χ1n) is 8.44. The summed E-state index contributed by atoms with van der Waals surface area (Å²) in [7, 11) is -2.43. The molecule has 2 heterocycles. The van der Waals surface area contributed by atoms with Crippen LogP contribution in [0.2, 0.25) is 0 Å². The van der Waals surface area contributed by atoms with Gasteiger partial charge in [0.15, 0.2) is 5.76 Å². The van der Waals surface area contributed by atoms with E-state index in [0.29, 0.717) is 25.1 Å². The number of anilines is 1. The van der Waals surface area contributed by atoms with Gasteiger partial charge in [0.2, 0.25) is 10.0 Å². The standard InChI is InChI=1S/C18H20N2O6S/c1-25-18(22)13-4-2-10-20(12-13)27(23,24)15-8-6-14(7-9-15)19-17(21)16-5-3-11-26-16/h3,5-9,11,13H,2,4,10,12H2,1H3,(H,19,21)/t13-/m0/s1. The van der Waals surface area contributed by atoms with Crippen LogP contribution in [0, 0.1) is 5.92 Å². The second kappa shape index (κ2) is 7.93. The van der Waals surface area contributed by atoms with Crippen LogP contribution in [0.15, 0.2) is 52.0 Å². The number of benzene rings is 1. The van der Waals surface area contributed by atoms with E-state index in [1.165, 1.54) is 48.0 Å². The summed E-state index contributed by atoms with van der Waals surface area (Å²) in [6.45, 7) is 0.457. The summed E-state index contributed by atoms with van der Waals surface area (Å²) in [5, 5.41) is 2.63. The summed E-state index contributed by atoms with van der Waals surface area (Å²) in [5.74, 6) is -1.11. The van der Waals surface area contributed by atoms with Crippen molar-refractivity contribution >= 4 is 27.6 Å². The van der Waals surface area contributed by atoms with E-state index >= 15 is 0 Å².